The Morgan fingerprint density at radius 3 is 2.75 bits per heavy atom. The Morgan fingerprint density at radius 2 is 2.19 bits per heavy atom. The van der Waals surface area contributed by atoms with Crippen molar-refractivity contribution < 1.29 is 18.4 Å². The molecular formula is C10H10F2N2O2. The summed E-state index contributed by atoms with van der Waals surface area (Å²) in [5.41, 5.74) is 6.91. The molecular weight excluding hydrogens is 218 g/mol. The molecule has 1 aromatic rings. The molecule has 0 fully saturated rings. The zero-order chi connectivity index (χ0) is 12.1. The van der Waals surface area contributed by atoms with E-state index in [0.717, 1.165) is 12.3 Å². The van der Waals surface area contributed by atoms with Gasteiger partial charge in [-0.2, -0.15) is 0 Å². The molecule has 4 nitrogen and oxygen atoms in total. The van der Waals surface area contributed by atoms with E-state index >= 15 is 0 Å². The topological polar surface area (TPSA) is 64.3 Å². The third-order valence-electron chi connectivity index (χ3n) is 1.81. The van der Waals surface area contributed by atoms with Crippen LogP contribution in [0.2, 0.25) is 0 Å². The molecule has 0 unspecified atom stereocenters. The van der Waals surface area contributed by atoms with Gasteiger partial charge in [-0.15, -0.1) is 0 Å². The minimum atomic E-state index is -1.01. The van der Waals surface area contributed by atoms with Crippen LogP contribution in [0.15, 0.2) is 24.9 Å². The maximum absolute atomic E-state index is 13.2. The van der Waals surface area contributed by atoms with Crippen LogP contribution in [0.1, 0.15) is 15.9 Å². The van der Waals surface area contributed by atoms with Gasteiger partial charge in [0.05, 0.1) is 5.56 Å². The lowest BCUT2D eigenvalue weighted by Gasteiger charge is -2.06. The number of hydrogen-bond acceptors (Lipinski definition) is 4. The van der Waals surface area contributed by atoms with Gasteiger partial charge in [-0.3, -0.25) is 0 Å². The quantitative estimate of drug-likeness (QED) is 0.761. The minimum absolute atomic E-state index is 0.0342. The van der Waals surface area contributed by atoms with Crippen LogP contribution in [-0.2, 0) is 11.4 Å². The summed E-state index contributed by atoms with van der Waals surface area (Å²) in [6.07, 6.45) is 1.10. The van der Waals surface area contributed by atoms with E-state index in [1.54, 1.807) is 0 Å². The summed E-state index contributed by atoms with van der Waals surface area (Å²) in [5.74, 6) is -2.79. The van der Waals surface area contributed by atoms with E-state index < -0.39 is 23.2 Å². The van der Waals surface area contributed by atoms with Gasteiger partial charge in [-0.1, -0.05) is 6.58 Å². The third kappa shape index (κ3) is 2.54. The van der Waals surface area contributed by atoms with Gasteiger partial charge in [-0.05, 0) is 6.07 Å². The number of nitrogens with one attached hydrogen (secondary N) is 1. The summed E-state index contributed by atoms with van der Waals surface area (Å²) in [5, 5.41) is 0. The number of benzene rings is 1. The average Bonchev–Trinajstić information content (AvgIpc) is 2.26. The normalized spacial score (nSPS) is 9.69. The van der Waals surface area contributed by atoms with E-state index in [1.807, 2.05) is 5.48 Å². The number of nitrogens with two attached hydrogens (primary N) is 1. The van der Waals surface area contributed by atoms with E-state index in [4.69, 9.17) is 5.73 Å². The predicted octanol–water partition coefficient (Wildman–Crippen LogP) is 1.23. The molecule has 0 spiro atoms. The highest BCUT2D eigenvalue weighted by molar-refractivity contribution is 5.89. The second kappa shape index (κ2) is 5.22. The lowest BCUT2D eigenvalue weighted by molar-refractivity contribution is 0.0344. The molecule has 0 amide bonds. The van der Waals surface area contributed by atoms with Crippen molar-refractivity contribution in [3.8, 4) is 0 Å². The van der Waals surface area contributed by atoms with E-state index in [2.05, 4.69) is 11.4 Å². The van der Waals surface area contributed by atoms with Crippen molar-refractivity contribution in [3.63, 3.8) is 0 Å². The number of carbonyl (C=O) groups is 1. The van der Waals surface area contributed by atoms with Crippen LogP contribution in [0.5, 0.6) is 0 Å². The minimum Gasteiger partial charge on any atom is -0.338 e. The maximum atomic E-state index is 13.2. The molecule has 0 heterocycles. The van der Waals surface area contributed by atoms with Crippen LogP contribution in [0.3, 0.4) is 0 Å². The standard InChI is InChI=1S/C10H10F2N2O2/c1-2-14-16-10(15)7-3-6(5-13)8(11)4-9(7)12/h2-4,14H,1,5,13H2. The van der Waals surface area contributed by atoms with Crippen LogP contribution in [-0.4, -0.2) is 5.97 Å². The Balaban J connectivity index is 3.03. The van der Waals surface area contributed by atoms with E-state index in [9.17, 15) is 13.6 Å². The van der Waals surface area contributed by atoms with Gasteiger partial charge < -0.3 is 10.6 Å². The summed E-state index contributed by atoms with van der Waals surface area (Å²) in [6.45, 7) is 3.10. The molecule has 6 heteroatoms. The Hall–Kier alpha value is -1.95. The van der Waals surface area contributed by atoms with Crippen LogP contribution in [0.25, 0.3) is 0 Å². The summed E-state index contributed by atoms with van der Waals surface area (Å²) < 4.78 is 26.3. The molecule has 0 saturated heterocycles. The van der Waals surface area contributed by atoms with Gasteiger partial charge in [0, 0.05) is 24.4 Å². The average molecular weight is 228 g/mol. The Bertz CT molecular complexity index is 422. The molecule has 0 saturated carbocycles. The highest BCUT2D eigenvalue weighted by atomic mass is 19.1. The first-order valence-electron chi connectivity index (χ1n) is 4.35. The number of hydrogen-bond donors (Lipinski definition) is 2. The number of hydroxylamine groups is 1. The highest BCUT2D eigenvalue weighted by Crippen LogP contribution is 2.15. The van der Waals surface area contributed by atoms with E-state index in [-0.39, 0.29) is 12.1 Å². The zero-order valence-electron chi connectivity index (χ0n) is 8.30. The van der Waals surface area contributed by atoms with Crippen molar-refractivity contribution in [2.45, 2.75) is 6.54 Å². The molecule has 0 aliphatic heterocycles. The number of halogens is 2. The molecule has 86 valence electrons. The fraction of sp³-hybridized carbons (Fsp3) is 0.100. The molecule has 0 aromatic heterocycles. The monoisotopic (exact) mass is 228 g/mol. The first-order valence-corrected chi connectivity index (χ1v) is 4.35. The van der Waals surface area contributed by atoms with Crippen molar-refractivity contribution in [3.05, 3.63) is 47.7 Å². The molecule has 0 radical (unpaired) electrons. The molecule has 0 aliphatic carbocycles. The zero-order valence-corrected chi connectivity index (χ0v) is 8.30. The molecule has 0 aliphatic rings. The van der Waals surface area contributed by atoms with Crippen molar-refractivity contribution >= 4 is 5.97 Å². The van der Waals surface area contributed by atoms with E-state index in [1.165, 1.54) is 0 Å². The molecule has 16 heavy (non-hydrogen) atoms. The Morgan fingerprint density at radius 1 is 1.50 bits per heavy atom. The Labute approximate surface area is 90.7 Å². The van der Waals surface area contributed by atoms with Gasteiger partial charge in [0.1, 0.15) is 11.6 Å². The van der Waals surface area contributed by atoms with Crippen molar-refractivity contribution in [2.24, 2.45) is 5.73 Å². The Kier molecular flexibility index (Phi) is 3.96. The molecule has 0 atom stereocenters. The van der Waals surface area contributed by atoms with Crippen molar-refractivity contribution in [1.82, 2.24) is 5.48 Å². The summed E-state index contributed by atoms with van der Waals surface area (Å²) in [7, 11) is 0. The van der Waals surface area contributed by atoms with Crippen LogP contribution in [0, 0.1) is 11.6 Å². The number of carbonyl (C=O) groups excluding carboxylic acids is 1. The highest BCUT2D eigenvalue weighted by Gasteiger charge is 2.16. The lowest BCUT2D eigenvalue weighted by atomic mass is 10.1. The second-order valence-electron chi connectivity index (χ2n) is 2.84. The first-order chi connectivity index (χ1) is 7.60. The first kappa shape index (κ1) is 12.1. The van der Waals surface area contributed by atoms with Crippen LogP contribution >= 0.6 is 0 Å². The smallest absolute Gasteiger partial charge is 0.338 e. The third-order valence-corrected chi connectivity index (χ3v) is 1.81. The van der Waals surface area contributed by atoms with Crippen molar-refractivity contribution in [2.75, 3.05) is 0 Å². The molecule has 1 rings (SSSR count). The fourth-order valence-electron chi connectivity index (χ4n) is 1.06. The molecule has 0 bridgehead atoms. The number of rotatable bonds is 4. The summed E-state index contributed by atoms with van der Waals surface area (Å²) in [4.78, 5) is 15.7. The van der Waals surface area contributed by atoms with Gasteiger partial charge in [0.15, 0.2) is 0 Å². The molecule has 3 N–H and O–H groups in total. The second-order valence-corrected chi connectivity index (χ2v) is 2.84. The van der Waals surface area contributed by atoms with E-state index in [0.29, 0.717) is 6.07 Å². The van der Waals surface area contributed by atoms with Crippen LogP contribution in [0.4, 0.5) is 8.78 Å². The van der Waals surface area contributed by atoms with Gasteiger partial charge in [-0.25, -0.2) is 19.1 Å². The van der Waals surface area contributed by atoms with Gasteiger partial charge in [0.25, 0.3) is 0 Å². The lowest BCUT2D eigenvalue weighted by Crippen LogP contribution is -2.16. The maximum Gasteiger partial charge on any atom is 0.365 e. The summed E-state index contributed by atoms with van der Waals surface area (Å²) >= 11 is 0. The fourth-order valence-corrected chi connectivity index (χ4v) is 1.06. The van der Waals surface area contributed by atoms with Crippen molar-refractivity contribution in [1.29, 1.82) is 0 Å². The predicted molar refractivity (Wildman–Crippen MR) is 53.0 cm³/mol. The largest absolute Gasteiger partial charge is 0.365 e. The summed E-state index contributed by atoms with van der Waals surface area (Å²) in [6, 6.07) is 1.60. The molecule has 1 aromatic carbocycles. The van der Waals surface area contributed by atoms with Crippen LogP contribution < -0.4 is 11.2 Å². The van der Waals surface area contributed by atoms with Gasteiger partial charge >= 0.3 is 5.97 Å². The van der Waals surface area contributed by atoms with Gasteiger partial charge in [0.2, 0.25) is 0 Å². The SMILES string of the molecule is C=CNOC(=O)c1cc(CN)c(F)cc1F.